The molecule has 10 heavy (non-hydrogen) atoms. The van der Waals surface area contributed by atoms with Gasteiger partial charge in [0.25, 0.3) is 5.84 Å². The lowest BCUT2D eigenvalue weighted by atomic mass is 9.82. The highest BCUT2D eigenvalue weighted by atomic mass is 14.7. The van der Waals surface area contributed by atoms with Gasteiger partial charge in [-0.2, -0.15) is 0 Å². The quantitative estimate of drug-likeness (QED) is 0.324. The fraction of sp³-hybridized carbons (Fsp3) is 0.750. The molecule has 0 aliphatic heterocycles. The third-order valence-corrected chi connectivity index (χ3v) is 2.26. The van der Waals surface area contributed by atoms with Crippen LogP contribution in [0.3, 0.4) is 0 Å². The predicted molar refractivity (Wildman–Crippen MR) is 42.8 cm³/mol. The molecule has 0 atom stereocenters. The van der Waals surface area contributed by atoms with Crippen LogP contribution in [0.15, 0.2) is 0 Å². The highest BCUT2D eigenvalue weighted by Gasteiger charge is 2.30. The van der Waals surface area contributed by atoms with Crippen molar-refractivity contribution in [3.05, 3.63) is 5.92 Å². The molecule has 1 rings (SSSR count). The lowest BCUT2D eigenvalue weighted by Crippen LogP contribution is -2.24. The Morgan fingerprint density at radius 2 is 2.00 bits per heavy atom. The van der Waals surface area contributed by atoms with Gasteiger partial charge in [0.05, 0.1) is 12.8 Å². The molecule has 1 saturated carbocycles. The molecule has 0 spiro atoms. The van der Waals surface area contributed by atoms with Gasteiger partial charge in [0, 0.05) is 0 Å². The monoisotopic (exact) mass is 139 g/mol. The number of nitrogens with one attached hydrogen (secondary N) is 1. The molecule has 0 unspecified atom stereocenters. The number of hydrogen-bond donors (Lipinski definition) is 2. The topological polar surface area (TPSA) is 49.9 Å². The summed E-state index contributed by atoms with van der Waals surface area (Å²) in [7, 11) is 0. The first-order valence-corrected chi connectivity index (χ1v) is 3.89. The molecule has 0 aromatic carbocycles. The summed E-state index contributed by atoms with van der Waals surface area (Å²) >= 11 is 0. The standard InChI is InChI=1S/C8H15N2/c1-6-2-4-7(5-3-6)8(9)10/h6H,2-5H2,1H3,(H3,9,10)/q+1. The molecular formula is C8H15N2+. The highest BCUT2D eigenvalue weighted by molar-refractivity contribution is 5.90. The van der Waals surface area contributed by atoms with Crippen LogP contribution in [0.2, 0.25) is 0 Å². The van der Waals surface area contributed by atoms with Crippen LogP contribution in [0.25, 0.3) is 0 Å². The van der Waals surface area contributed by atoms with Crippen molar-refractivity contribution in [1.82, 2.24) is 0 Å². The summed E-state index contributed by atoms with van der Waals surface area (Å²) in [5.41, 5.74) is 5.36. The van der Waals surface area contributed by atoms with Crippen LogP contribution < -0.4 is 5.73 Å². The number of rotatable bonds is 1. The van der Waals surface area contributed by atoms with Crippen LogP contribution in [0.1, 0.15) is 32.6 Å². The van der Waals surface area contributed by atoms with Gasteiger partial charge in [-0.1, -0.05) is 6.92 Å². The summed E-state index contributed by atoms with van der Waals surface area (Å²) in [5, 5.41) is 7.20. The first-order chi connectivity index (χ1) is 4.70. The van der Waals surface area contributed by atoms with Crippen molar-refractivity contribution < 1.29 is 0 Å². The molecule has 0 saturated heterocycles. The van der Waals surface area contributed by atoms with E-state index >= 15 is 0 Å². The molecule has 0 bridgehead atoms. The maximum Gasteiger partial charge on any atom is 0.284 e. The Balaban J connectivity index is 2.33. The second-order valence-corrected chi connectivity index (χ2v) is 3.20. The van der Waals surface area contributed by atoms with Crippen LogP contribution in [0, 0.1) is 17.2 Å². The minimum Gasteiger partial charge on any atom is -0.348 e. The Bertz CT molecular complexity index is 123. The molecule has 0 amide bonds. The van der Waals surface area contributed by atoms with Crippen molar-refractivity contribution in [2.45, 2.75) is 32.6 Å². The zero-order valence-corrected chi connectivity index (χ0v) is 6.48. The van der Waals surface area contributed by atoms with Gasteiger partial charge >= 0.3 is 0 Å². The van der Waals surface area contributed by atoms with Crippen molar-refractivity contribution >= 4 is 5.84 Å². The Hall–Kier alpha value is -0.660. The van der Waals surface area contributed by atoms with Crippen LogP contribution in [0.5, 0.6) is 0 Å². The van der Waals surface area contributed by atoms with E-state index in [0.29, 0.717) is 5.84 Å². The zero-order valence-electron chi connectivity index (χ0n) is 6.48. The molecule has 0 aromatic rings. The summed E-state index contributed by atoms with van der Waals surface area (Å²) in [4.78, 5) is 0. The molecule has 3 N–H and O–H groups in total. The first kappa shape index (κ1) is 7.45. The molecule has 0 aromatic heterocycles. The molecule has 1 fully saturated rings. The van der Waals surface area contributed by atoms with Crippen LogP contribution in [0.4, 0.5) is 0 Å². The first-order valence-electron chi connectivity index (χ1n) is 3.89. The third-order valence-electron chi connectivity index (χ3n) is 2.26. The summed E-state index contributed by atoms with van der Waals surface area (Å²) in [5.74, 6) is 2.31. The van der Waals surface area contributed by atoms with E-state index in [1.54, 1.807) is 0 Å². The molecule has 2 heteroatoms. The fourth-order valence-electron chi connectivity index (χ4n) is 1.38. The fourth-order valence-corrected chi connectivity index (χ4v) is 1.38. The van der Waals surface area contributed by atoms with Crippen molar-refractivity contribution in [3.8, 4) is 0 Å². The number of hydrogen-bond acceptors (Lipinski definition) is 1. The van der Waals surface area contributed by atoms with Gasteiger partial charge in [-0.05, 0) is 18.8 Å². The average molecular weight is 139 g/mol. The summed E-state index contributed by atoms with van der Waals surface area (Å²) in [6.45, 7) is 2.26. The molecule has 0 heterocycles. The van der Waals surface area contributed by atoms with E-state index in [2.05, 4.69) is 6.92 Å². The maximum atomic E-state index is 7.20. The van der Waals surface area contributed by atoms with E-state index in [4.69, 9.17) is 11.1 Å². The number of nitrogens with two attached hydrogens (primary N) is 1. The van der Waals surface area contributed by atoms with Gasteiger partial charge in [0.1, 0.15) is 0 Å². The third kappa shape index (κ3) is 1.66. The van der Waals surface area contributed by atoms with E-state index in [1.807, 2.05) is 0 Å². The zero-order chi connectivity index (χ0) is 7.56. The Kier molecular flexibility index (Phi) is 2.20. The summed E-state index contributed by atoms with van der Waals surface area (Å²) in [6.07, 6.45) is 4.54. The Morgan fingerprint density at radius 3 is 2.40 bits per heavy atom. The molecule has 1 aliphatic rings. The second-order valence-electron chi connectivity index (χ2n) is 3.20. The molecular weight excluding hydrogens is 124 g/mol. The van der Waals surface area contributed by atoms with E-state index in [1.165, 1.54) is 12.8 Å². The van der Waals surface area contributed by atoms with E-state index in [0.717, 1.165) is 24.7 Å². The van der Waals surface area contributed by atoms with Crippen molar-refractivity contribution in [3.63, 3.8) is 0 Å². The van der Waals surface area contributed by atoms with E-state index < -0.39 is 0 Å². The van der Waals surface area contributed by atoms with Crippen molar-refractivity contribution in [2.24, 2.45) is 11.7 Å². The average Bonchev–Trinajstić information content (AvgIpc) is 1.88. The molecule has 56 valence electrons. The van der Waals surface area contributed by atoms with Gasteiger partial charge < -0.3 is 5.73 Å². The minimum absolute atomic E-state index is 0.312. The Labute approximate surface area is 62.3 Å². The van der Waals surface area contributed by atoms with Crippen LogP contribution in [-0.2, 0) is 0 Å². The number of amidine groups is 1. The normalized spacial score (nSPS) is 21.1. The van der Waals surface area contributed by atoms with Crippen LogP contribution in [-0.4, -0.2) is 5.84 Å². The molecule has 2 nitrogen and oxygen atoms in total. The van der Waals surface area contributed by atoms with Gasteiger partial charge in [-0.3, -0.25) is 0 Å². The van der Waals surface area contributed by atoms with E-state index in [-0.39, 0.29) is 0 Å². The molecule has 0 radical (unpaired) electrons. The highest BCUT2D eigenvalue weighted by Crippen LogP contribution is 2.29. The van der Waals surface area contributed by atoms with E-state index in [9.17, 15) is 0 Å². The summed E-state index contributed by atoms with van der Waals surface area (Å²) in [6, 6.07) is 0. The summed E-state index contributed by atoms with van der Waals surface area (Å²) < 4.78 is 0. The largest absolute Gasteiger partial charge is 0.348 e. The lowest BCUT2D eigenvalue weighted by Gasteiger charge is -2.15. The Morgan fingerprint density at radius 1 is 1.50 bits per heavy atom. The van der Waals surface area contributed by atoms with Gasteiger partial charge in [-0.15, -0.1) is 0 Å². The van der Waals surface area contributed by atoms with Crippen molar-refractivity contribution in [1.29, 1.82) is 5.41 Å². The smallest absolute Gasteiger partial charge is 0.284 e. The lowest BCUT2D eigenvalue weighted by molar-refractivity contribution is 0.424. The minimum atomic E-state index is 0.312. The second kappa shape index (κ2) is 2.95. The van der Waals surface area contributed by atoms with Crippen LogP contribution >= 0.6 is 0 Å². The van der Waals surface area contributed by atoms with Gasteiger partial charge in [-0.25, -0.2) is 5.41 Å². The SMILES string of the molecule is CC1CC[C+](C(=N)N)CC1. The molecule has 1 aliphatic carbocycles. The van der Waals surface area contributed by atoms with Gasteiger partial charge in [0.15, 0.2) is 5.92 Å². The predicted octanol–water partition coefficient (Wildman–Crippen LogP) is 1.71. The maximum absolute atomic E-state index is 7.20. The van der Waals surface area contributed by atoms with Crippen molar-refractivity contribution in [2.75, 3.05) is 0 Å². The van der Waals surface area contributed by atoms with Gasteiger partial charge in [0.2, 0.25) is 0 Å².